The first-order valence-electron chi connectivity index (χ1n) is 6.39. The number of carbonyl (C=O) groups is 2. The van der Waals surface area contributed by atoms with Gasteiger partial charge in [0.05, 0.1) is 0 Å². The molecule has 0 radical (unpaired) electrons. The number of ether oxygens (including phenoxy) is 1. The predicted octanol–water partition coefficient (Wildman–Crippen LogP) is 2.05. The predicted molar refractivity (Wildman–Crippen MR) is 68.7 cm³/mol. The van der Waals surface area contributed by atoms with Gasteiger partial charge >= 0.3 is 18.2 Å². The SMILES string of the molecule is CC(C)(C)OC(=O)NN=C1CCN(C(=O)C(F)(F)F)CC1. The fourth-order valence-corrected chi connectivity index (χ4v) is 1.68. The highest BCUT2D eigenvalue weighted by molar-refractivity contribution is 5.89. The first-order chi connectivity index (χ1) is 9.49. The van der Waals surface area contributed by atoms with Crippen LogP contribution in [0.25, 0.3) is 0 Å². The highest BCUT2D eigenvalue weighted by Gasteiger charge is 2.42. The number of halogens is 3. The molecule has 120 valence electrons. The number of carbonyl (C=O) groups excluding carboxylic acids is 2. The summed E-state index contributed by atoms with van der Waals surface area (Å²) in [5.41, 5.74) is 2.04. The van der Waals surface area contributed by atoms with Crippen LogP contribution in [-0.2, 0) is 9.53 Å². The second kappa shape index (κ2) is 6.31. The van der Waals surface area contributed by atoms with E-state index in [1.54, 1.807) is 20.8 Å². The lowest BCUT2D eigenvalue weighted by atomic mass is 10.1. The lowest BCUT2D eigenvalue weighted by Crippen LogP contribution is -2.45. The van der Waals surface area contributed by atoms with Gasteiger partial charge in [-0.2, -0.15) is 18.3 Å². The average Bonchev–Trinajstić information content (AvgIpc) is 2.33. The number of rotatable bonds is 1. The number of nitrogens with zero attached hydrogens (tertiary/aromatic N) is 2. The van der Waals surface area contributed by atoms with Gasteiger partial charge in [0.25, 0.3) is 0 Å². The molecule has 6 nitrogen and oxygen atoms in total. The van der Waals surface area contributed by atoms with Crippen molar-refractivity contribution in [1.29, 1.82) is 0 Å². The van der Waals surface area contributed by atoms with Gasteiger partial charge in [0.1, 0.15) is 5.60 Å². The van der Waals surface area contributed by atoms with E-state index in [4.69, 9.17) is 4.74 Å². The fourth-order valence-electron chi connectivity index (χ4n) is 1.68. The third-order valence-electron chi connectivity index (χ3n) is 2.57. The molecule has 0 unspecified atom stereocenters. The van der Waals surface area contributed by atoms with Crippen LogP contribution in [0.15, 0.2) is 5.10 Å². The molecular formula is C12H18F3N3O3. The molecule has 0 aromatic heterocycles. The first-order valence-corrected chi connectivity index (χ1v) is 6.39. The Labute approximate surface area is 120 Å². The summed E-state index contributed by atoms with van der Waals surface area (Å²) >= 11 is 0. The van der Waals surface area contributed by atoms with E-state index in [1.807, 2.05) is 0 Å². The van der Waals surface area contributed by atoms with Crippen LogP contribution < -0.4 is 5.43 Å². The van der Waals surface area contributed by atoms with Crippen LogP contribution in [0, 0.1) is 0 Å². The van der Waals surface area contributed by atoms with Gasteiger partial charge in [-0.05, 0) is 20.8 Å². The van der Waals surface area contributed by atoms with Crippen molar-refractivity contribution in [3.05, 3.63) is 0 Å². The molecule has 0 aliphatic carbocycles. The largest absolute Gasteiger partial charge is 0.471 e. The summed E-state index contributed by atoms with van der Waals surface area (Å²) < 4.78 is 41.7. The normalized spacial score (nSPS) is 16.5. The van der Waals surface area contributed by atoms with Gasteiger partial charge in [0, 0.05) is 31.6 Å². The van der Waals surface area contributed by atoms with Crippen molar-refractivity contribution in [2.24, 2.45) is 5.10 Å². The van der Waals surface area contributed by atoms with Gasteiger partial charge in [-0.3, -0.25) is 4.79 Å². The Kier molecular flexibility index (Phi) is 5.19. The lowest BCUT2D eigenvalue weighted by molar-refractivity contribution is -0.185. The molecule has 21 heavy (non-hydrogen) atoms. The zero-order valence-corrected chi connectivity index (χ0v) is 12.1. The molecule has 1 fully saturated rings. The number of hydrogen-bond donors (Lipinski definition) is 1. The number of amides is 2. The van der Waals surface area contributed by atoms with Gasteiger partial charge in [-0.15, -0.1) is 0 Å². The summed E-state index contributed by atoms with van der Waals surface area (Å²) in [6, 6.07) is 0. The molecule has 0 saturated carbocycles. The standard InChI is InChI=1S/C12H18F3N3O3/c1-11(2,3)21-10(20)17-16-8-4-6-18(7-5-8)9(19)12(13,14)15/h4-7H2,1-3H3,(H,17,20). The topological polar surface area (TPSA) is 71.0 Å². The van der Waals surface area contributed by atoms with Crippen LogP contribution >= 0.6 is 0 Å². The van der Waals surface area contributed by atoms with Crippen molar-refractivity contribution in [2.45, 2.75) is 45.4 Å². The van der Waals surface area contributed by atoms with Crippen LogP contribution in [0.5, 0.6) is 0 Å². The molecule has 0 aromatic carbocycles. The van der Waals surface area contributed by atoms with Crippen LogP contribution in [-0.4, -0.2) is 47.5 Å². The highest BCUT2D eigenvalue weighted by Crippen LogP contribution is 2.20. The van der Waals surface area contributed by atoms with Crippen molar-refractivity contribution in [2.75, 3.05) is 13.1 Å². The van der Waals surface area contributed by atoms with Crippen molar-refractivity contribution < 1.29 is 27.5 Å². The molecule has 1 N–H and O–H groups in total. The maximum Gasteiger partial charge on any atom is 0.471 e. The van der Waals surface area contributed by atoms with E-state index in [2.05, 4.69) is 10.5 Å². The zero-order valence-electron chi connectivity index (χ0n) is 12.1. The van der Waals surface area contributed by atoms with E-state index < -0.39 is 23.8 Å². The van der Waals surface area contributed by atoms with Gasteiger partial charge in [-0.1, -0.05) is 0 Å². The quantitative estimate of drug-likeness (QED) is 0.754. The minimum Gasteiger partial charge on any atom is -0.443 e. The third-order valence-corrected chi connectivity index (χ3v) is 2.57. The summed E-state index contributed by atoms with van der Waals surface area (Å²) in [4.78, 5) is 23.1. The monoisotopic (exact) mass is 309 g/mol. The minimum absolute atomic E-state index is 0.0762. The second-order valence-electron chi connectivity index (χ2n) is 5.58. The van der Waals surface area contributed by atoms with Crippen LogP contribution in [0.3, 0.4) is 0 Å². The lowest BCUT2D eigenvalue weighted by Gasteiger charge is -2.28. The van der Waals surface area contributed by atoms with Crippen molar-refractivity contribution in [3.8, 4) is 0 Å². The third kappa shape index (κ3) is 6.01. The Balaban J connectivity index is 2.45. The molecule has 0 bridgehead atoms. The second-order valence-corrected chi connectivity index (χ2v) is 5.58. The molecule has 1 saturated heterocycles. The van der Waals surface area contributed by atoms with E-state index in [1.165, 1.54) is 0 Å². The van der Waals surface area contributed by atoms with Gasteiger partial charge in [0.15, 0.2) is 0 Å². The Morgan fingerprint density at radius 1 is 1.19 bits per heavy atom. The Hall–Kier alpha value is -1.80. The van der Waals surface area contributed by atoms with E-state index in [9.17, 15) is 22.8 Å². The zero-order chi connectivity index (χ0) is 16.3. The molecule has 1 aliphatic heterocycles. The summed E-state index contributed by atoms with van der Waals surface area (Å²) in [7, 11) is 0. The van der Waals surface area contributed by atoms with E-state index >= 15 is 0 Å². The number of hydrazone groups is 1. The molecule has 2 amide bonds. The summed E-state index contributed by atoms with van der Waals surface area (Å²) in [6.07, 6.45) is -5.23. The van der Waals surface area contributed by atoms with Gasteiger partial charge < -0.3 is 9.64 Å². The Morgan fingerprint density at radius 2 is 1.71 bits per heavy atom. The average molecular weight is 309 g/mol. The maximum absolute atomic E-state index is 12.2. The number of nitrogens with one attached hydrogen (secondary N) is 1. The van der Waals surface area contributed by atoms with Gasteiger partial charge in [-0.25, -0.2) is 10.2 Å². The molecule has 0 atom stereocenters. The minimum atomic E-state index is -4.86. The van der Waals surface area contributed by atoms with Crippen molar-refractivity contribution in [1.82, 2.24) is 10.3 Å². The summed E-state index contributed by atoms with van der Waals surface area (Å²) in [6.45, 7) is 4.93. The van der Waals surface area contributed by atoms with E-state index in [-0.39, 0.29) is 25.9 Å². The van der Waals surface area contributed by atoms with Crippen LogP contribution in [0.1, 0.15) is 33.6 Å². The van der Waals surface area contributed by atoms with Gasteiger partial charge in [0.2, 0.25) is 0 Å². The number of piperidine rings is 1. The van der Waals surface area contributed by atoms with E-state index in [0.29, 0.717) is 5.71 Å². The summed E-state index contributed by atoms with van der Waals surface area (Å²) in [5, 5.41) is 3.80. The van der Waals surface area contributed by atoms with Crippen molar-refractivity contribution >= 4 is 17.7 Å². The molecule has 0 aromatic rings. The summed E-state index contributed by atoms with van der Waals surface area (Å²) in [5.74, 6) is -1.85. The fraction of sp³-hybridized carbons (Fsp3) is 0.750. The molecule has 1 heterocycles. The molecule has 0 spiro atoms. The molecule has 1 aliphatic rings. The smallest absolute Gasteiger partial charge is 0.443 e. The number of alkyl halides is 3. The van der Waals surface area contributed by atoms with Crippen LogP contribution in [0.4, 0.5) is 18.0 Å². The van der Waals surface area contributed by atoms with Crippen molar-refractivity contribution in [3.63, 3.8) is 0 Å². The van der Waals surface area contributed by atoms with E-state index in [0.717, 1.165) is 4.90 Å². The molecular weight excluding hydrogens is 291 g/mol. The Bertz CT molecular complexity index is 431. The highest BCUT2D eigenvalue weighted by atomic mass is 19.4. The number of likely N-dealkylation sites (tertiary alicyclic amines) is 1. The van der Waals surface area contributed by atoms with Crippen LogP contribution in [0.2, 0.25) is 0 Å². The Morgan fingerprint density at radius 3 is 2.14 bits per heavy atom. The number of hydrogen-bond acceptors (Lipinski definition) is 4. The maximum atomic E-state index is 12.2. The molecule has 9 heteroatoms. The first kappa shape index (κ1) is 17.3. The molecule has 1 rings (SSSR count).